The van der Waals surface area contributed by atoms with Crippen molar-refractivity contribution >= 4 is 72.4 Å². The van der Waals surface area contributed by atoms with Crippen LogP contribution >= 0.6 is 0 Å². The van der Waals surface area contributed by atoms with E-state index < -0.39 is 10.8 Å². The molecule has 15 heteroatoms. The Balaban J connectivity index is 0.000000134. The second kappa shape index (κ2) is 23.6. The summed E-state index contributed by atoms with van der Waals surface area (Å²) in [5.41, 5.74) is 17.2. The normalized spacial score (nSPS) is 10.8. The molecule has 11 rings (SSSR count). The molecule has 0 fully saturated rings. The number of hydrogen-bond donors (Lipinski definition) is 4. The van der Waals surface area contributed by atoms with Crippen molar-refractivity contribution in [2.75, 3.05) is 5.73 Å². The number of hydrogen-bond acceptors (Lipinski definition) is 8. The number of benzene rings is 7. The fourth-order valence-electron chi connectivity index (χ4n) is 8.25. The van der Waals surface area contributed by atoms with Gasteiger partial charge in [0, 0.05) is 125 Å². The monoisotopic (exact) mass is 970 g/mol. The molecule has 0 atom stereocenters. The van der Waals surface area contributed by atoms with E-state index in [4.69, 9.17) is 10.9 Å². The van der Waals surface area contributed by atoms with Gasteiger partial charge in [-0.05, 0) is 100 Å². The number of nitro groups is 2. The van der Waals surface area contributed by atoms with Crippen LogP contribution in [-0.2, 0) is 35.6 Å². The molecule has 15 nitrogen and oxygen atoms in total. The van der Waals surface area contributed by atoms with Crippen molar-refractivity contribution in [3.63, 3.8) is 0 Å². The minimum atomic E-state index is -0.721. The number of nitrogens with one attached hydrogen (secondary N) is 2. The lowest BCUT2D eigenvalue weighted by Gasteiger charge is -2.06. The Hall–Kier alpha value is -9.86. The number of amides is 1. The Morgan fingerprint density at radius 1 is 0.521 bits per heavy atom. The van der Waals surface area contributed by atoms with Gasteiger partial charge in [-0.3, -0.25) is 35.0 Å². The molecular formula is C58H50N8O7. The molecule has 4 heterocycles. The summed E-state index contributed by atoms with van der Waals surface area (Å²) in [5, 5.41) is 33.5. The number of aromatic amines is 1. The van der Waals surface area contributed by atoms with E-state index >= 15 is 0 Å². The number of hydroxylamine groups is 1. The average molecular weight is 971 g/mol. The van der Waals surface area contributed by atoms with Crippen LogP contribution in [0, 0.1) is 20.2 Å². The van der Waals surface area contributed by atoms with Gasteiger partial charge in [0.1, 0.15) is 0 Å². The maximum absolute atomic E-state index is 11.9. The second-order valence-electron chi connectivity index (χ2n) is 17.0. The number of carbonyl (C=O) groups is 2. The van der Waals surface area contributed by atoms with E-state index in [0.29, 0.717) is 0 Å². The second-order valence-corrected chi connectivity index (χ2v) is 17.0. The van der Waals surface area contributed by atoms with Gasteiger partial charge >= 0.3 is 0 Å². The Morgan fingerprint density at radius 2 is 0.973 bits per heavy atom. The average Bonchev–Trinajstić information content (AvgIpc) is 4.23. The highest BCUT2D eigenvalue weighted by Gasteiger charge is 2.10. The summed E-state index contributed by atoms with van der Waals surface area (Å²) < 4.78 is 6.50. The molecule has 73 heavy (non-hydrogen) atoms. The lowest BCUT2D eigenvalue weighted by atomic mass is 10.1. The molecule has 1 amide bonds. The fourth-order valence-corrected chi connectivity index (χ4v) is 8.25. The topological polar surface area (TPSA) is 209 Å². The van der Waals surface area contributed by atoms with E-state index in [2.05, 4.69) is 85.5 Å². The number of nitrogens with zero attached hydrogens (tertiary/aromatic N) is 5. The number of nitrogen functional groups attached to an aromatic ring is 1. The van der Waals surface area contributed by atoms with Crippen LogP contribution in [0.25, 0.3) is 43.6 Å². The number of carbonyl (C=O) groups excluding carboxylic acids is 2. The lowest BCUT2D eigenvalue weighted by Crippen LogP contribution is -2.15. The van der Waals surface area contributed by atoms with E-state index in [9.17, 15) is 29.8 Å². The lowest BCUT2D eigenvalue weighted by molar-refractivity contribution is -0.384. The molecule has 0 radical (unpaired) electrons. The number of ketones is 1. The largest absolute Gasteiger partial charge is 0.399 e. The minimum absolute atomic E-state index is 0.127. The van der Waals surface area contributed by atoms with Crippen molar-refractivity contribution < 1.29 is 24.6 Å². The molecule has 0 aliphatic carbocycles. The Kier molecular flexibility index (Phi) is 16.0. The predicted molar refractivity (Wildman–Crippen MR) is 286 cm³/mol. The number of rotatable bonds is 12. The number of anilines is 1. The van der Waals surface area contributed by atoms with Gasteiger partial charge in [0.25, 0.3) is 17.3 Å². The highest BCUT2D eigenvalue weighted by Crippen LogP contribution is 2.24. The van der Waals surface area contributed by atoms with Gasteiger partial charge in [-0.2, -0.15) is 0 Å². The molecule has 0 saturated carbocycles. The standard InChI is InChI=1S/C20H18N2O3.C15H12N2O2.C15H14N2.C8H6N2O2/c23-18(7-9-20(24)21-25)13-16-6-8-19-17(12-16)10-11-22(19)14-15-4-2-1-3-5-15;18-17(19)14-6-7-15-13(10-14)8-9-16(15)11-12-4-2-1-3-5-12;16-14-6-7-15-13(10-14)8-9-17(15)11-12-4-2-1-3-5-12;11-10(12)7-1-2-8-6(5-7)3-4-9-8/h1-12,25H,13-14H2,(H,21,24);1-10H,11H2;1-10H,11,16H2;1-5,9H/b9-7+;;;. The number of fused-ring (bicyclic) bond motifs is 4. The third-order valence-corrected chi connectivity index (χ3v) is 11.8. The number of H-pyrrole nitrogens is 1. The van der Waals surface area contributed by atoms with Crippen molar-refractivity contribution in [1.29, 1.82) is 0 Å². The smallest absolute Gasteiger partial charge is 0.270 e. The first kappa shape index (κ1) is 49.6. The first-order valence-electron chi connectivity index (χ1n) is 23.1. The number of nitro benzene ring substituents is 2. The third kappa shape index (κ3) is 13.3. The van der Waals surface area contributed by atoms with Crippen LogP contribution in [0.1, 0.15) is 22.3 Å². The molecule has 0 spiro atoms. The van der Waals surface area contributed by atoms with Crippen LogP contribution in [-0.4, -0.2) is 45.4 Å². The zero-order chi connectivity index (χ0) is 51.1. The number of allylic oxidation sites excluding steroid dienone is 1. The zero-order valence-corrected chi connectivity index (χ0v) is 39.4. The number of nitrogens with two attached hydrogens (primary N) is 1. The van der Waals surface area contributed by atoms with Crippen molar-refractivity contribution in [2.24, 2.45) is 0 Å². The molecule has 0 aliphatic heterocycles. The Morgan fingerprint density at radius 3 is 1.48 bits per heavy atom. The van der Waals surface area contributed by atoms with Crippen LogP contribution in [0.15, 0.2) is 225 Å². The molecule has 364 valence electrons. The van der Waals surface area contributed by atoms with E-state index in [-0.39, 0.29) is 28.5 Å². The van der Waals surface area contributed by atoms with Crippen molar-refractivity contribution in [3.8, 4) is 0 Å². The van der Waals surface area contributed by atoms with E-state index in [1.54, 1.807) is 36.5 Å². The van der Waals surface area contributed by atoms with Gasteiger partial charge in [0.15, 0.2) is 5.78 Å². The quantitative estimate of drug-likeness (QED) is 0.0303. The van der Waals surface area contributed by atoms with E-state index in [1.165, 1.54) is 39.1 Å². The Bertz CT molecular complexity index is 3690. The van der Waals surface area contributed by atoms with Crippen LogP contribution in [0.4, 0.5) is 17.1 Å². The fraction of sp³-hybridized carbons (Fsp3) is 0.0690. The van der Waals surface area contributed by atoms with Crippen LogP contribution in [0.2, 0.25) is 0 Å². The highest BCUT2D eigenvalue weighted by atomic mass is 16.6. The summed E-state index contributed by atoms with van der Waals surface area (Å²) in [5.74, 6) is -0.923. The summed E-state index contributed by atoms with van der Waals surface area (Å²) >= 11 is 0. The van der Waals surface area contributed by atoms with E-state index in [1.807, 2.05) is 103 Å². The van der Waals surface area contributed by atoms with Crippen molar-refractivity contribution in [2.45, 2.75) is 26.1 Å². The van der Waals surface area contributed by atoms with Gasteiger partial charge in [-0.1, -0.05) is 97.1 Å². The van der Waals surface area contributed by atoms with Gasteiger partial charge in [-0.25, -0.2) is 5.48 Å². The summed E-state index contributed by atoms with van der Waals surface area (Å²) in [6, 6.07) is 60.3. The van der Waals surface area contributed by atoms with Crippen LogP contribution in [0.5, 0.6) is 0 Å². The SMILES string of the molecule is Nc1ccc2c(ccn2Cc2ccccc2)c1.O=C(/C=C/C(=O)NO)Cc1ccc2c(ccn2Cc2ccccc2)c1.O=[N+]([O-])c1ccc2[nH]ccc2c1.O=[N+]([O-])c1ccc2c(ccn2Cc2ccccc2)c1. The number of non-ortho nitro benzene ring substituents is 2. The molecule has 0 unspecified atom stereocenters. The van der Waals surface area contributed by atoms with Gasteiger partial charge in [0.05, 0.1) is 9.85 Å². The van der Waals surface area contributed by atoms with Crippen molar-refractivity contribution in [1.82, 2.24) is 24.2 Å². The molecule has 0 bridgehead atoms. The molecule has 7 aromatic carbocycles. The molecule has 0 saturated heterocycles. The van der Waals surface area contributed by atoms with Crippen LogP contribution < -0.4 is 11.2 Å². The van der Waals surface area contributed by atoms with Gasteiger partial charge < -0.3 is 24.4 Å². The molecular weight excluding hydrogens is 921 g/mol. The minimum Gasteiger partial charge on any atom is -0.399 e. The summed E-state index contributed by atoms with van der Waals surface area (Å²) in [7, 11) is 0. The third-order valence-electron chi connectivity index (χ3n) is 11.8. The molecule has 0 aliphatic rings. The van der Waals surface area contributed by atoms with E-state index in [0.717, 1.165) is 75.7 Å². The predicted octanol–water partition coefficient (Wildman–Crippen LogP) is 11.8. The maximum atomic E-state index is 11.9. The summed E-state index contributed by atoms with van der Waals surface area (Å²) in [6.45, 7) is 2.46. The van der Waals surface area contributed by atoms with Gasteiger partial charge in [-0.15, -0.1) is 0 Å². The maximum Gasteiger partial charge on any atom is 0.270 e. The van der Waals surface area contributed by atoms with Crippen molar-refractivity contribution in [3.05, 3.63) is 267 Å². The van der Waals surface area contributed by atoms with Gasteiger partial charge in [0.2, 0.25) is 0 Å². The first-order valence-corrected chi connectivity index (χ1v) is 23.1. The summed E-state index contributed by atoms with van der Waals surface area (Å²) in [4.78, 5) is 46.1. The molecule has 11 aromatic rings. The molecule has 5 N–H and O–H groups in total. The van der Waals surface area contributed by atoms with Crippen LogP contribution in [0.3, 0.4) is 0 Å². The number of aromatic nitrogens is 4. The summed E-state index contributed by atoms with van der Waals surface area (Å²) in [6.07, 6.45) is 10.2. The zero-order valence-electron chi connectivity index (χ0n) is 39.4. The highest BCUT2D eigenvalue weighted by molar-refractivity contribution is 5.98. The first-order chi connectivity index (χ1) is 35.5. The molecule has 4 aromatic heterocycles. The Labute approximate surface area is 418 Å².